The quantitative estimate of drug-likeness (QED) is 0.416. The second-order valence-corrected chi connectivity index (χ2v) is 12.4. The lowest BCUT2D eigenvalue weighted by atomic mass is 9.46. The average Bonchev–Trinajstić information content (AvgIpc) is 2.67. The van der Waals surface area contributed by atoms with E-state index in [-0.39, 0.29) is 16.2 Å². The van der Waals surface area contributed by atoms with Crippen LogP contribution in [0.3, 0.4) is 0 Å². The summed E-state index contributed by atoms with van der Waals surface area (Å²) in [5.41, 5.74) is 14.8. The number of benzene rings is 2. The van der Waals surface area contributed by atoms with Gasteiger partial charge in [-0.25, -0.2) is 0 Å². The van der Waals surface area contributed by atoms with Crippen molar-refractivity contribution in [2.24, 2.45) is 10.8 Å². The molecule has 0 N–H and O–H groups in total. The largest absolute Gasteiger partial charge is 0.0955 e. The molecule has 2 aromatic rings. The van der Waals surface area contributed by atoms with E-state index in [4.69, 9.17) is 13.2 Å². The Bertz CT molecular complexity index is 1300. The Balaban J connectivity index is 2.08. The lowest BCUT2D eigenvalue weighted by Crippen LogP contribution is -2.48. The van der Waals surface area contributed by atoms with E-state index in [2.05, 4.69) is 87.9 Å². The number of allylic oxidation sites excluding steroid dienone is 5. The van der Waals surface area contributed by atoms with Crippen molar-refractivity contribution in [3.8, 4) is 0 Å². The van der Waals surface area contributed by atoms with Gasteiger partial charge in [-0.2, -0.15) is 0 Å². The Kier molecular flexibility index (Phi) is 5.11. The number of rotatable bonds is 1. The first-order valence-corrected chi connectivity index (χ1v) is 12.4. The van der Waals surface area contributed by atoms with Gasteiger partial charge in [0.1, 0.15) is 0 Å². The second kappa shape index (κ2) is 7.08. The molecule has 0 heterocycles. The topological polar surface area (TPSA) is 0 Å². The highest BCUT2D eigenvalue weighted by Gasteiger charge is 2.55. The molecule has 0 amide bonds. The minimum atomic E-state index is -0.186. The third kappa shape index (κ3) is 2.95. The summed E-state index contributed by atoms with van der Waals surface area (Å²) in [7, 11) is 0. The normalized spacial score (nSPS) is 25.4. The van der Waals surface area contributed by atoms with Gasteiger partial charge in [0, 0.05) is 5.41 Å². The summed E-state index contributed by atoms with van der Waals surface area (Å²) < 4.78 is 0. The summed E-state index contributed by atoms with van der Waals surface area (Å²) in [5, 5.41) is 2.82. The summed E-state index contributed by atoms with van der Waals surface area (Å²) in [4.78, 5) is 0. The molecule has 174 valence electrons. The number of hydrogen-bond acceptors (Lipinski definition) is 0. The molecule has 0 heteroatoms. The van der Waals surface area contributed by atoms with Crippen molar-refractivity contribution in [2.75, 3.05) is 0 Å². The standard InChI is InChI=1S/C33H42/c1-18(2)28-19(3)16-32(12)17-26-20(4)25-14-15-27(31(9,10)11)21(5)29(25)22(6)30(26)24(8)33(32,13)23(28)7/h14-15H,1,7-8,16-17H2,2-6,9-13H3/t32-,33+/m0/s1. The highest BCUT2D eigenvalue weighted by Crippen LogP contribution is 2.66. The molecular weight excluding hydrogens is 396 g/mol. The molecule has 2 atom stereocenters. The van der Waals surface area contributed by atoms with Crippen LogP contribution in [0.4, 0.5) is 0 Å². The van der Waals surface area contributed by atoms with E-state index >= 15 is 0 Å². The van der Waals surface area contributed by atoms with E-state index in [1.54, 1.807) is 0 Å². The predicted octanol–water partition coefficient (Wildman–Crippen LogP) is 9.50. The Hall–Kier alpha value is -2.34. The molecular formula is C33H42. The van der Waals surface area contributed by atoms with Crippen molar-refractivity contribution < 1.29 is 0 Å². The first kappa shape index (κ1) is 23.8. The van der Waals surface area contributed by atoms with Crippen LogP contribution in [0.2, 0.25) is 0 Å². The van der Waals surface area contributed by atoms with E-state index in [1.807, 2.05) is 0 Å². The van der Waals surface area contributed by atoms with Crippen LogP contribution in [0.15, 0.2) is 54.2 Å². The fraction of sp³-hybridized carbons (Fsp3) is 0.455. The molecule has 0 bridgehead atoms. The summed E-state index contributed by atoms with van der Waals surface area (Å²) in [6.07, 6.45) is 2.11. The minimum absolute atomic E-state index is 0.0580. The molecule has 0 unspecified atom stereocenters. The second-order valence-electron chi connectivity index (χ2n) is 12.4. The van der Waals surface area contributed by atoms with Gasteiger partial charge in [0.05, 0.1) is 0 Å². The highest BCUT2D eigenvalue weighted by molar-refractivity contribution is 5.99. The Morgan fingerprint density at radius 3 is 2.03 bits per heavy atom. The Labute approximate surface area is 202 Å². The van der Waals surface area contributed by atoms with Gasteiger partial charge in [0.25, 0.3) is 0 Å². The monoisotopic (exact) mass is 438 g/mol. The molecule has 0 aromatic heterocycles. The van der Waals surface area contributed by atoms with Crippen molar-refractivity contribution in [3.63, 3.8) is 0 Å². The zero-order valence-electron chi connectivity index (χ0n) is 22.7. The zero-order chi connectivity index (χ0) is 24.8. The molecule has 0 saturated heterocycles. The van der Waals surface area contributed by atoms with Crippen LogP contribution in [0.5, 0.6) is 0 Å². The maximum atomic E-state index is 4.82. The maximum Gasteiger partial charge on any atom is 0.0234 e. The molecule has 2 aliphatic carbocycles. The fourth-order valence-electron chi connectivity index (χ4n) is 7.42. The number of hydrogen-bond donors (Lipinski definition) is 0. The van der Waals surface area contributed by atoms with Gasteiger partial charge < -0.3 is 0 Å². The first-order valence-electron chi connectivity index (χ1n) is 12.4. The lowest BCUT2D eigenvalue weighted by molar-refractivity contribution is 0.151. The third-order valence-corrected chi connectivity index (χ3v) is 9.28. The van der Waals surface area contributed by atoms with Gasteiger partial charge in [-0.05, 0) is 119 Å². The molecule has 0 saturated carbocycles. The van der Waals surface area contributed by atoms with Gasteiger partial charge in [0.2, 0.25) is 0 Å². The van der Waals surface area contributed by atoms with Gasteiger partial charge in [-0.3, -0.25) is 0 Å². The van der Waals surface area contributed by atoms with E-state index in [0.29, 0.717) is 0 Å². The summed E-state index contributed by atoms with van der Waals surface area (Å²) >= 11 is 0. The van der Waals surface area contributed by atoms with Crippen LogP contribution in [0.1, 0.15) is 88.3 Å². The SMILES string of the molecule is C=C(C)C1=C(C)C[C@@]2(C)Cc3c(c(C)c4c(C)c(C(C)(C)C)ccc4c3C)C(=C)[C@@]2(C)C1=C. The van der Waals surface area contributed by atoms with Crippen LogP contribution in [0.25, 0.3) is 16.3 Å². The van der Waals surface area contributed by atoms with Crippen molar-refractivity contribution in [1.82, 2.24) is 0 Å². The predicted molar refractivity (Wildman–Crippen MR) is 147 cm³/mol. The van der Waals surface area contributed by atoms with Gasteiger partial charge in [0.15, 0.2) is 0 Å². The van der Waals surface area contributed by atoms with Crippen molar-refractivity contribution in [2.45, 2.75) is 87.5 Å². The van der Waals surface area contributed by atoms with Gasteiger partial charge in [-0.15, -0.1) is 0 Å². The summed E-state index contributed by atoms with van der Waals surface area (Å²) in [6.45, 7) is 37.0. The van der Waals surface area contributed by atoms with E-state index < -0.39 is 0 Å². The van der Waals surface area contributed by atoms with Crippen LogP contribution < -0.4 is 0 Å². The number of aryl methyl sites for hydroxylation is 3. The molecule has 0 radical (unpaired) electrons. The van der Waals surface area contributed by atoms with Gasteiger partial charge >= 0.3 is 0 Å². The van der Waals surface area contributed by atoms with Crippen molar-refractivity contribution in [1.29, 1.82) is 0 Å². The van der Waals surface area contributed by atoms with E-state index in [9.17, 15) is 0 Å². The molecule has 0 nitrogen and oxygen atoms in total. The van der Waals surface area contributed by atoms with Gasteiger partial charge in [-0.1, -0.05) is 77.6 Å². The Morgan fingerprint density at radius 1 is 0.879 bits per heavy atom. The lowest BCUT2D eigenvalue weighted by Gasteiger charge is -2.57. The maximum absolute atomic E-state index is 4.82. The van der Waals surface area contributed by atoms with Crippen LogP contribution >= 0.6 is 0 Å². The zero-order valence-corrected chi connectivity index (χ0v) is 22.7. The molecule has 2 aromatic carbocycles. The smallest absolute Gasteiger partial charge is 0.0234 e. The summed E-state index contributed by atoms with van der Waals surface area (Å²) in [6, 6.07) is 4.73. The molecule has 0 spiro atoms. The van der Waals surface area contributed by atoms with E-state index in [0.717, 1.165) is 18.4 Å². The van der Waals surface area contributed by atoms with Crippen molar-refractivity contribution >= 4 is 16.3 Å². The fourth-order valence-corrected chi connectivity index (χ4v) is 7.42. The molecule has 33 heavy (non-hydrogen) atoms. The molecule has 0 aliphatic heterocycles. The summed E-state index contributed by atoms with van der Waals surface area (Å²) in [5.74, 6) is 0. The third-order valence-electron chi connectivity index (χ3n) is 9.28. The first-order chi connectivity index (χ1) is 15.1. The molecule has 0 fully saturated rings. The Morgan fingerprint density at radius 2 is 1.48 bits per heavy atom. The average molecular weight is 439 g/mol. The van der Waals surface area contributed by atoms with Crippen LogP contribution in [-0.2, 0) is 11.8 Å². The number of fused-ring (bicyclic) bond motifs is 3. The highest BCUT2D eigenvalue weighted by atomic mass is 14.6. The van der Waals surface area contributed by atoms with Crippen molar-refractivity contribution in [3.05, 3.63) is 87.5 Å². The van der Waals surface area contributed by atoms with Crippen LogP contribution in [0, 0.1) is 31.6 Å². The van der Waals surface area contributed by atoms with Crippen LogP contribution in [-0.4, -0.2) is 0 Å². The van der Waals surface area contributed by atoms with E-state index in [1.165, 1.54) is 66.4 Å². The molecule has 2 aliphatic rings. The minimum Gasteiger partial charge on any atom is -0.0955 e. The molecule has 4 rings (SSSR count).